The molecule has 2 aromatic heterocycles. The van der Waals surface area contributed by atoms with Crippen molar-refractivity contribution >= 4 is 26.5 Å². The first-order valence-electron chi connectivity index (χ1n) is 10.6. The van der Waals surface area contributed by atoms with E-state index in [1.54, 1.807) is 18.5 Å². The number of hydrogen-bond donors (Lipinski definition) is 1. The van der Waals surface area contributed by atoms with E-state index in [0.29, 0.717) is 12.0 Å². The summed E-state index contributed by atoms with van der Waals surface area (Å²) in [7, 11) is 4.49. The maximum absolute atomic E-state index is 13.2. The Morgan fingerprint density at radius 2 is 1.68 bits per heavy atom. The number of rotatable bonds is 3. The van der Waals surface area contributed by atoms with Gasteiger partial charge in [-0.15, -0.1) is 9.24 Å². The van der Waals surface area contributed by atoms with E-state index >= 15 is 0 Å². The van der Waals surface area contributed by atoms with Crippen LogP contribution in [0.2, 0.25) is 0 Å². The smallest absolute Gasteiger partial charge is 0.171 e. The zero-order chi connectivity index (χ0) is 22.5. The van der Waals surface area contributed by atoms with Gasteiger partial charge >= 0.3 is 0 Å². The molecule has 0 aliphatic heterocycles. The van der Waals surface area contributed by atoms with Crippen LogP contribution in [-0.2, 0) is 0 Å². The minimum absolute atomic E-state index is 0.157. The molecule has 4 nitrogen and oxygen atoms in total. The van der Waals surface area contributed by atoms with Gasteiger partial charge in [0, 0.05) is 25.0 Å². The summed E-state index contributed by atoms with van der Waals surface area (Å²) in [6.45, 7) is 1.95. The van der Waals surface area contributed by atoms with E-state index in [1.165, 1.54) is 44.6 Å². The molecule has 0 radical (unpaired) electrons. The van der Waals surface area contributed by atoms with Gasteiger partial charge in [0.1, 0.15) is 5.69 Å². The van der Waals surface area contributed by atoms with E-state index in [2.05, 4.69) is 24.5 Å². The molecule has 2 heterocycles. The Balaban J connectivity index is 0.000000200. The highest BCUT2D eigenvalue weighted by Gasteiger charge is 2.10. The first-order valence-corrected chi connectivity index (χ1v) is 11.2. The lowest BCUT2D eigenvalue weighted by molar-refractivity contribution is 0.111. The summed E-state index contributed by atoms with van der Waals surface area (Å²) in [5.74, 6) is -0.595. The van der Waals surface area contributed by atoms with Crippen LogP contribution < -0.4 is 10.6 Å². The van der Waals surface area contributed by atoms with Crippen molar-refractivity contribution in [3.63, 3.8) is 0 Å². The molecule has 1 unspecified atom stereocenters. The van der Waals surface area contributed by atoms with Gasteiger partial charge in [-0.05, 0) is 42.1 Å². The second-order valence-corrected chi connectivity index (χ2v) is 7.96. The Bertz CT molecular complexity index is 915. The molecular formula is C25H31FN3OP. The van der Waals surface area contributed by atoms with Gasteiger partial charge in [0.25, 0.3) is 0 Å². The first-order chi connectivity index (χ1) is 15.1. The molecule has 1 saturated carbocycles. The summed E-state index contributed by atoms with van der Waals surface area (Å²) in [5, 5.41) is 3.94. The number of aldehydes is 1. The van der Waals surface area contributed by atoms with E-state index < -0.39 is 5.82 Å². The average molecular weight is 440 g/mol. The molecule has 0 amide bonds. The number of pyridine rings is 2. The van der Waals surface area contributed by atoms with Gasteiger partial charge < -0.3 is 5.32 Å². The highest BCUT2D eigenvalue weighted by molar-refractivity contribution is 7.28. The van der Waals surface area contributed by atoms with Crippen LogP contribution in [0.4, 0.5) is 10.1 Å². The molecule has 3 aromatic rings. The third kappa shape index (κ3) is 8.18. The Hall–Kier alpha value is -2.65. The number of nitrogens with one attached hydrogen (secondary N) is 1. The third-order valence-corrected chi connectivity index (χ3v) is 5.48. The number of aromatic nitrogens is 2. The minimum atomic E-state index is -0.595. The second-order valence-electron chi connectivity index (χ2n) is 7.33. The van der Waals surface area contributed by atoms with Gasteiger partial charge in [-0.3, -0.25) is 9.78 Å². The monoisotopic (exact) mass is 439 g/mol. The van der Waals surface area contributed by atoms with E-state index in [9.17, 15) is 9.18 Å². The number of nitrogens with zero attached hydrogens (tertiary/aromatic N) is 2. The van der Waals surface area contributed by atoms with Gasteiger partial charge in [0.05, 0.1) is 11.4 Å². The van der Waals surface area contributed by atoms with Crippen molar-refractivity contribution in [1.82, 2.24) is 9.97 Å². The average Bonchev–Trinajstić information content (AvgIpc) is 2.82. The topological polar surface area (TPSA) is 54.9 Å². The molecule has 1 aliphatic rings. The Morgan fingerprint density at radius 3 is 2.16 bits per heavy atom. The number of carbonyl (C=O) groups is 1. The maximum atomic E-state index is 13.2. The van der Waals surface area contributed by atoms with Crippen LogP contribution in [0.3, 0.4) is 0 Å². The maximum Gasteiger partial charge on any atom is 0.171 e. The van der Waals surface area contributed by atoms with Crippen molar-refractivity contribution in [3.05, 3.63) is 71.9 Å². The lowest BCUT2D eigenvalue weighted by Crippen LogP contribution is -2.03. The Kier molecular flexibility index (Phi) is 10.8. The largest absolute Gasteiger partial charge is 0.387 e. The van der Waals surface area contributed by atoms with Crippen molar-refractivity contribution in [2.45, 2.75) is 45.4 Å². The van der Waals surface area contributed by atoms with Crippen molar-refractivity contribution < 1.29 is 9.18 Å². The molecule has 0 spiro atoms. The summed E-state index contributed by atoms with van der Waals surface area (Å²) in [6.07, 6.45) is 13.0. The number of hydrogen-bond acceptors (Lipinski definition) is 4. The molecule has 1 N–H and O–H groups in total. The van der Waals surface area contributed by atoms with Crippen LogP contribution in [0.25, 0.3) is 11.3 Å². The SMILES string of the molecule is C1CCCCC1.CNc1cccnc1.Cc1cccc(P)c1-c1ccc(F)c(C=O)n1. The summed E-state index contributed by atoms with van der Waals surface area (Å²) < 4.78 is 13.2. The molecule has 164 valence electrons. The molecule has 1 atom stereocenters. The summed E-state index contributed by atoms with van der Waals surface area (Å²) in [4.78, 5) is 18.6. The fourth-order valence-electron chi connectivity index (χ4n) is 3.29. The molecule has 1 fully saturated rings. The number of benzene rings is 1. The van der Waals surface area contributed by atoms with Gasteiger partial charge in [-0.2, -0.15) is 0 Å². The van der Waals surface area contributed by atoms with Crippen molar-refractivity contribution in [2.24, 2.45) is 0 Å². The van der Waals surface area contributed by atoms with Crippen molar-refractivity contribution in [1.29, 1.82) is 0 Å². The lowest BCUT2D eigenvalue weighted by Gasteiger charge is -2.09. The van der Waals surface area contributed by atoms with Gasteiger partial charge in [0.2, 0.25) is 0 Å². The molecule has 1 aliphatic carbocycles. The lowest BCUT2D eigenvalue weighted by atomic mass is 10.0. The summed E-state index contributed by atoms with van der Waals surface area (Å²) >= 11 is 0. The van der Waals surface area contributed by atoms with Crippen LogP contribution in [0.1, 0.15) is 54.6 Å². The molecule has 31 heavy (non-hydrogen) atoms. The zero-order valence-corrected chi connectivity index (χ0v) is 19.4. The molecule has 6 heteroatoms. The molecule has 1 aromatic carbocycles. The van der Waals surface area contributed by atoms with E-state index in [-0.39, 0.29) is 5.69 Å². The molecule has 0 bridgehead atoms. The highest BCUT2D eigenvalue weighted by Crippen LogP contribution is 2.22. The Labute approximate surface area is 186 Å². The summed E-state index contributed by atoms with van der Waals surface area (Å²) in [5.41, 5.74) is 3.45. The quantitative estimate of drug-likeness (QED) is 0.403. The Morgan fingerprint density at radius 1 is 1.00 bits per heavy atom. The molecule has 4 rings (SSSR count). The van der Waals surface area contributed by atoms with E-state index in [0.717, 1.165) is 22.1 Å². The fourth-order valence-corrected chi connectivity index (χ4v) is 3.78. The molecule has 0 saturated heterocycles. The van der Waals surface area contributed by atoms with Crippen LogP contribution in [-0.4, -0.2) is 23.3 Å². The first kappa shape index (κ1) is 24.6. The van der Waals surface area contributed by atoms with Crippen LogP contribution in [0, 0.1) is 12.7 Å². The normalized spacial score (nSPS) is 12.5. The van der Waals surface area contributed by atoms with Gasteiger partial charge in [-0.25, -0.2) is 9.37 Å². The summed E-state index contributed by atoms with van der Waals surface area (Å²) in [6, 6.07) is 12.5. The van der Waals surface area contributed by atoms with Crippen LogP contribution in [0.15, 0.2) is 54.9 Å². The number of carbonyl (C=O) groups excluding carboxylic acids is 1. The predicted octanol–water partition coefficient (Wildman–Crippen LogP) is 5.97. The van der Waals surface area contributed by atoms with E-state index in [1.807, 2.05) is 44.3 Å². The fraction of sp³-hybridized carbons (Fsp3) is 0.320. The number of anilines is 1. The van der Waals surface area contributed by atoms with Crippen molar-refractivity contribution in [3.8, 4) is 11.3 Å². The van der Waals surface area contributed by atoms with Crippen LogP contribution in [0.5, 0.6) is 0 Å². The highest BCUT2D eigenvalue weighted by atomic mass is 31.0. The van der Waals surface area contributed by atoms with Crippen LogP contribution >= 0.6 is 9.24 Å². The van der Waals surface area contributed by atoms with Crippen molar-refractivity contribution in [2.75, 3.05) is 12.4 Å². The third-order valence-electron chi connectivity index (χ3n) is 5.00. The second kappa shape index (κ2) is 13.6. The predicted molar refractivity (Wildman–Crippen MR) is 131 cm³/mol. The zero-order valence-electron chi connectivity index (χ0n) is 18.3. The standard InChI is InChI=1S/C13H11FNOP.C6H8N2.C6H12/c1-8-3-2-4-12(17)13(8)10-6-5-9(14)11(7-16)15-10;1-7-6-3-2-4-8-5-6;1-2-4-6-5-3-1/h2-7H,17H2,1H3;2-5,7H,1H3;1-6H2. The number of aryl methyl sites for hydroxylation is 1. The number of halogens is 1. The van der Waals surface area contributed by atoms with Gasteiger partial charge in [-0.1, -0.05) is 56.7 Å². The van der Waals surface area contributed by atoms with E-state index in [4.69, 9.17) is 0 Å². The minimum Gasteiger partial charge on any atom is -0.387 e. The molecular weight excluding hydrogens is 408 g/mol. The van der Waals surface area contributed by atoms with Gasteiger partial charge in [0.15, 0.2) is 12.1 Å².